The molecule has 16 heavy (non-hydrogen) atoms. The van der Waals surface area contributed by atoms with E-state index in [-0.39, 0.29) is 0 Å². The standard InChI is InChI=1S/C15H24O/c1-12(2)6-4-7-13(3)10-11-14-8-5-9-15(14)16/h6,10,14H,4-5,7-9,11H2,1-3H3/b13-10-. The van der Waals surface area contributed by atoms with Crippen LogP contribution in [0.15, 0.2) is 23.3 Å². The fourth-order valence-electron chi connectivity index (χ4n) is 2.17. The first-order valence-corrected chi connectivity index (χ1v) is 6.41. The molecule has 0 radical (unpaired) electrons. The van der Waals surface area contributed by atoms with Crippen LogP contribution in [0, 0.1) is 5.92 Å². The molecule has 1 unspecified atom stereocenters. The van der Waals surface area contributed by atoms with Crippen LogP contribution in [-0.2, 0) is 4.79 Å². The highest BCUT2D eigenvalue weighted by Crippen LogP contribution is 2.25. The van der Waals surface area contributed by atoms with Gasteiger partial charge in [0, 0.05) is 12.3 Å². The van der Waals surface area contributed by atoms with Gasteiger partial charge in [0.15, 0.2) is 0 Å². The topological polar surface area (TPSA) is 17.1 Å². The molecule has 1 heteroatoms. The van der Waals surface area contributed by atoms with E-state index in [9.17, 15) is 4.79 Å². The molecule has 0 amide bonds. The number of rotatable bonds is 5. The summed E-state index contributed by atoms with van der Waals surface area (Å²) in [6.45, 7) is 6.45. The van der Waals surface area contributed by atoms with Gasteiger partial charge in [0.2, 0.25) is 0 Å². The lowest BCUT2D eigenvalue weighted by molar-refractivity contribution is -0.120. The van der Waals surface area contributed by atoms with Crippen molar-refractivity contribution in [2.75, 3.05) is 0 Å². The summed E-state index contributed by atoms with van der Waals surface area (Å²) in [5.74, 6) is 0.812. The molecule has 0 bridgehead atoms. The number of carbonyl (C=O) groups excluding carboxylic acids is 1. The largest absolute Gasteiger partial charge is 0.299 e. The molecule has 0 aromatic carbocycles. The summed E-state index contributed by atoms with van der Waals surface area (Å²) < 4.78 is 0. The van der Waals surface area contributed by atoms with Crippen LogP contribution in [0.4, 0.5) is 0 Å². The maximum atomic E-state index is 11.5. The van der Waals surface area contributed by atoms with Gasteiger partial charge >= 0.3 is 0 Å². The molecule has 0 aromatic rings. The average molecular weight is 220 g/mol. The van der Waals surface area contributed by atoms with E-state index in [1.54, 1.807) is 0 Å². The molecule has 1 fully saturated rings. The molecule has 0 N–H and O–H groups in total. The number of hydrogen-bond acceptors (Lipinski definition) is 1. The average Bonchev–Trinajstić information content (AvgIpc) is 2.60. The highest BCUT2D eigenvalue weighted by Gasteiger charge is 2.22. The number of ketones is 1. The molecule has 0 heterocycles. The third kappa shape index (κ3) is 4.78. The van der Waals surface area contributed by atoms with E-state index < -0.39 is 0 Å². The van der Waals surface area contributed by atoms with Gasteiger partial charge in [0.25, 0.3) is 0 Å². The Hall–Kier alpha value is -0.850. The van der Waals surface area contributed by atoms with Gasteiger partial charge in [-0.2, -0.15) is 0 Å². The number of allylic oxidation sites excluding steroid dienone is 4. The Kier molecular flexibility index (Phi) is 5.51. The zero-order valence-electron chi connectivity index (χ0n) is 10.9. The van der Waals surface area contributed by atoms with Crippen LogP contribution < -0.4 is 0 Å². The molecule has 0 aromatic heterocycles. The summed E-state index contributed by atoms with van der Waals surface area (Å²) in [5.41, 5.74) is 2.82. The van der Waals surface area contributed by atoms with Crippen molar-refractivity contribution in [2.45, 2.75) is 59.3 Å². The molecular formula is C15H24O. The van der Waals surface area contributed by atoms with Gasteiger partial charge in [-0.3, -0.25) is 4.79 Å². The van der Waals surface area contributed by atoms with Crippen molar-refractivity contribution in [1.82, 2.24) is 0 Å². The maximum absolute atomic E-state index is 11.5. The monoisotopic (exact) mass is 220 g/mol. The van der Waals surface area contributed by atoms with E-state index >= 15 is 0 Å². The van der Waals surface area contributed by atoms with Crippen molar-refractivity contribution in [3.8, 4) is 0 Å². The zero-order chi connectivity index (χ0) is 12.0. The smallest absolute Gasteiger partial charge is 0.136 e. The minimum absolute atomic E-state index is 0.332. The van der Waals surface area contributed by atoms with Crippen LogP contribution in [0.5, 0.6) is 0 Å². The summed E-state index contributed by atoms with van der Waals surface area (Å²) >= 11 is 0. The van der Waals surface area contributed by atoms with E-state index in [1.807, 2.05) is 0 Å². The van der Waals surface area contributed by atoms with Crippen LogP contribution in [-0.4, -0.2) is 5.78 Å². The third-order valence-corrected chi connectivity index (χ3v) is 3.27. The van der Waals surface area contributed by atoms with E-state index in [0.717, 1.165) is 38.5 Å². The SMILES string of the molecule is CC(C)=CCC/C(C)=C\CC1CCCC1=O. The van der Waals surface area contributed by atoms with Crippen LogP contribution in [0.1, 0.15) is 59.3 Å². The van der Waals surface area contributed by atoms with E-state index in [1.165, 1.54) is 11.1 Å². The van der Waals surface area contributed by atoms with Crippen molar-refractivity contribution in [3.05, 3.63) is 23.3 Å². The molecule has 1 aliphatic carbocycles. The Morgan fingerprint density at radius 3 is 2.62 bits per heavy atom. The molecule has 0 aliphatic heterocycles. The Labute approximate surface area is 99.6 Å². The summed E-state index contributed by atoms with van der Waals surface area (Å²) in [6, 6.07) is 0. The zero-order valence-corrected chi connectivity index (χ0v) is 10.9. The lowest BCUT2D eigenvalue weighted by Gasteiger charge is -2.05. The van der Waals surface area contributed by atoms with Gasteiger partial charge in [-0.25, -0.2) is 0 Å². The first kappa shape index (κ1) is 13.2. The molecular weight excluding hydrogens is 196 g/mol. The summed E-state index contributed by atoms with van der Waals surface area (Å²) in [5, 5.41) is 0. The Balaban J connectivity index is 2.28. The number of carbonyl (C=O) groups is 1. The summed E-state index contributed by atoms with van der Waals surface area (Å²) in [4.78, 5) is 11.5. The van der Waals surface area contributed by atoms with E-state index in [4.69, 9.17) is 0 Å². The van der Waals surface area contributed by atoms with Crippen LogP contribution in [0.3, 0.4) is 0 Å². The first-order valence-electron chi connectivity index (χ1n) is 6.41. The molecule has 1 saturated carbocycles. The fraction of sp³-hybridized carbons (Fsp3) is 0.667. The highest BCUT2D eigenvalue weighted by atomic mass is 16.1. The quantitative estimate of drug-likeness (QED) is 0.626. The predicted molar refractivity (Wildman–Crippen MR) is 69.4 cm³/mol. The highest BCUT2D eigenvalue weighted by molar-refractivity contribution is 5.82. The summed E-state index contributed by atoms with van der Waals surface area (Å²) in [6.07, 6.45) is 10.8. The molecule has 0 spiro atoms. The van der Waals surface area contributed by atoms with Crippen molar-refractivity contribution < 1.29 is 4.79 Å². The Morgan fingerprint density at radius 2 is 2.06 bits per heavy atom. The van der Waals surface area contributed by atoms with E-state index in [2.05, 4.69) is 32.9 Å². The normalized spacial score (nSPS) is 21.3. The summed E-state index contributed by atoms with van der Waals surface area (Å²) in [7, 11) is 0. The fourth-order valence-corrected chi connectivity index (χ4v) is 2.17. The molecule has 1 nitrogen and oxygen atoms in total. The van der Waals surface area contributed by atoms with Gasteiger partial charge in [0.1, 0.15) is 5.78 Å². The number of Topliss-reactive ketones (excluding diaryl/α,β-unsaturated/α-hetero) is 1. The lowest BCUT2D eigenvalue weighted by Crippen LogP contribution is -2.04. The van der Waals surface area contributed by atoms with Gasteiger partial charge in [-0.1, -0.05) is 23.3 Å². The minimum Gasteiger partial charge on any atom is -0.299 e. The van der Waals surface area contributed by atoms with Gasteiger partial charge in [0.05, 0.1) is 0 Å². The van der Waals surface area contributed by atoms with Crippen LogP contribution in [0.2, 0.25) is 0 Å². The van der Waals surface area contributed by atoms with Crippen molar-refractivity contribution >= 4 is 5.78 Å². The van der Waals surface area contributed by atoms with Crippen molar-refractivity contribution in [2.24, 2.45) is 5.92 Å². The van der Waals surface area contributed by atoms with Gasteiger partial charge in [-0.05, 0) is 52.9 Å². The lowest BCUT2D eigenvalue weighted by atomic mass is 10.00. The van der Waals surface area contributed by atoms with Crippen molar-refractivity contribution in [1.29, 1.82) is 0 Å². The Morgan fingerprint density at radius 1 is 1.31 bits per heavy atom. The van der Waals surface area contributed by atoms with Gasteiger partial charge < -0.3 is 0 Å². The third-order valence-electron chi connectivity index (χ3n) is 3.27. The second kappa shape index (κ2) is 6.67. The predicted octanol–water partition coefficient (Wildman–Crippen LogP) is 4.44. The molecule has 1 atom stereocenters. The molecule has 1 rings (SSSR count). The minimum atomic E-state index is 0.332. The van der Waals surface area contributed by atoms with Gasteiger partial charge in [-0.15, -0.1) is 0 Å². The molecule has 90 valence electrons. The number of hydrogen-bond donors (Lipinski definition) is 0. The van der Waals surface area contributed by atoms with Crippen LogP contribution >= 0.6 is 0 Å². The second-order valence-corrected chi connectivity index (χ2v) is 5.16. The molecule has 1 aliphatic rings. The first-order chi connectivity index (χ1) is 7.59. The Bertz CT molecular complexity index is 293. The van der Waals surface area contributed by atoms with Crippen molar-refractivity contribution in [3.63, 3.8) is 0 Å². The van der Waals surface area contributed by atoms with Crippen LogP contribution in [0.25, 0.3) is 0 Å². The maximum Gasteiger partial charge on any atom is 0.136 e. The van der Waals surface area contributed by atoms with E-state index in [0.29, 0.717) is 11.7 Å². The molecule has 0 saturated heterocycles. The second-order valence-electron chi connectivity index (χ2n) is 5.16.